The summed E-state index contributed by atoms with van der Waals surface area (Å²) in [6.07, 6.45) is 0. The van der Waals surface area contributed by atoms with Crippen LogP contribution in [-0.4, -0.2) is 46.7 Å². The summed E-state index contributed by atoms with van der Waals surface area (Å²) in [5.74, 6) is -8.57. The summed E-state index contributed by atoms with van der Waals surface area (Å²) < 4.78 is 14.6. The number of carboxylic acids is 2. The van der Waals surface area contributed by atoms with Gasteiger partial charge in [0.2, 0.25) is 0 Å². The van der Waals surface area contributed by atoms with E-state index in [2.05, 4.69) is 13.2 Å². The van der Waals surface area contributed by atoms with Crippen LogP contribution in [0.15, 0.2) is 30.4 Å². The lowest BCUT2D eigenvalue weighted by Gasteiger charge is -2.17. The minimum absolute atomic E-state index is 0.117. The van der Waals surface area contributed by atoms with E-state index in [-0.39, 0.29) is 17.8 Å². The first-order valence-corrected chi connectivity index (χ1v) is 8.02. The molecule has 0 unspecified atom stereocenters. The van der Waals surface area contributed by atoms with Crippen molar-refractivity contribution in [2.24, 2.45) is 0 Å². The highest BCUT2D eigenvalue weighted by Crippen LogP contribution is 2.36. The second-order valence-corrected chi connectivity index (χ2v) is 5.67. The fourth-order valence-corrected chi connectivity index (χ4v) is 1.96. The van der Waals surface area contributed by atoms with Gasteiger partial charge in [0, 0.05) is 17.2 Å². The van der Waals surface area contributed by atoms with Crippen LogP contribution in [-0.2, 0) is 14.3 Å². The first-order chi connectivity index (χ1) is 13.4. The third-order valence-corrected chi connectivity index (χ3v) is 3.26. The van der Waals surface area contributed by atoms with Gasteiger partial charge in [-0.3, -0.25) is 0 Å². The molecule has 0 atom stereocenters. The van der Waals surface area contributed by atoms with Gasteiger partial charge < -0.3 is 24.4 Å². The van der Waals surface area contributed by atoms with E-state index in [9.17, 15) is 34.2 Å². The molecule has 0 fully saturated rings. The number of carbonyl (C=O) groups is 5. The topological polar surface area (TPSA) is 154 Å². The van der Waals surface area contributed by atoms with Gasteiger partial charge in [-0.1, -0.05) is 13.2 Å². The molecule has 2 N–H and O–H groups in total. The Kier molecular flexibility index (Phi) is 7.41. The van der Waals surface area contributed by atoms with Crippen molar-refractivity contribution in [2.45, 2.75) is 20.8 Å². The summed E-state index contributed by atoms with van der Waals surface area (Å²) >= 11 is 0. The highest BCUT2D eigenvalue weighted by atomic mass is 16.6. The zero-order valence-electron chi connectivity index (χ0n) is 15.9. The first-order valence-electron chi connectivity index (χ1n) is 8.02. The highest BCUT2D eigenvalue weighted by molar-refractivity contribution is 6.11. The molecule has 1 aromatic rings. The molecule has 154 valence electrons. The SMILES string of the molecule is C=C(C)C(=O)Oc1cc(C(=O)O)c(OC(=O)C(=C)C)c(C(=O)OCC)c1C(=O)O. The Morgan fingerprint density at radius 2 is 1.41 bits per heavy atom. The van der Waals surface area contributed by atoms with Crippen LogP contribution in [0.1, 0.15) is 51.8 Å². The average Bonchev–Trinajstić information content (AvgIpc) is 2.61. The van der Waals surface area contributed by atoms with Crippen molar-refractivity contribution in [1.29, 1.82) is 0 Å². The second kappa shape index (κ2) is 9.31. The van der Waals surface area contributed by atoms with Gasteiger partial charge in [-0.05, 0) is 20.8 Å². The van der Waals surface area contributed by atoms with Crippen molar-refractivity contribution in [2.75, 3.05) is 6.61 Å². The van der Waals surface area contributed by atoms with Crippen molar-refractivity contribution in [1.82, 2.24) is 0 Å². The predicted octanol–water partition coefficient (Wildman–Crippen LogP) is 2.22. The summed E-state index contributed by atoms with van der Waals surface area (Å²) in [4.78, 5) is 59.7. The molecule has 0 aliphatic carbocycles. The molecule has 10 heteroatoms. The number of hydrogen-bond donors (Lipinski definition) is 2. The highest BCUT2D eigenvalue weighted by Gasteiger charge is 2.34. The quantitative estimate of drug-likeness (QED) is 0.373. The molecule has 0 aliphatic heterocycles. The zero-order valence-corrected chi connectivity index (χ0v) is 15.9. The molecule has 10 nitrogen and oxygen atoms in total. The summed E-state index contributed by atoms with van der Waals surface area (Å²) in [7, 11) is 0. The number of ether oxygens (including phenoxy) is 3. The molecule has 0 heterocycles. The Hall–Kier alpha value is -3.95. The Balaban J connectivity index is 3.98. The molecule has 0 saturated carbocycles. The van der Waals surface area contributed by atoms with E-state index in [1.54, 1.807) is 0 Å². The fourth-order valence-electron chi connectivity index (χ4n) is 1.96. The molecule has 0 bridgehead atoms. The van der Waals surface area contributed by atoms with E-state index in [0.717, 1.165) is 0 Å². The van der Waals surface area contributed by atoms with Crippen molar-refractivity contribution in [3.63, 3.8) is 0 Å². The van der Waals surface area contributed by atoms with Crippen LogP contribution in [0.2, 0.25) is 0 Å². The standard InChI is InChI=1S/C19H18O10/c1-6-27-19(26)13-12(16(22)23)11(28-17(24)8(2)3)7-10(15(20)21)14(13)29-18(25)9(4)5/h7H,2,4,6H2,1,3,5H3,(H,20,21)(H,22,23). The van der Waals surface area contributed by atoms with Gasteiger partial charge >= 0.3 is 29.8 Å². The summed E-state index contributed by atoms with van der Waals surface area (Å²) in [6.45, 7) is 10.4. The van der Waals surface area contributed by atoms with Crippen molar-refractivity contribution in [3.8, 4) is 11.5 Å². The van der Waals surface area contributed by atoms with Crippen LogP contribution in [0, 0.1) is 0 Å². The molecule has 1 rings (SSSR count). The molecule has 0 radical (unpaired) electrons. The molecule has 29 heavy (non-hydrogen) atoms. The largest absolute Gasteiger partial charge is 0.478 e. The smallest absolute Gasteiger partial charge is 0.343 e. The number of carbonyl (C=O) groups excluding carboxylic acids is 3. The van der Waals surface area contributed by atoms with Crippen molar-refractivity contribution in [3.05, 3.63) is 47.1 Å². The molecule has 0 aliphatic rings. The van der Waals surface area contributed by atoms with Gasteiger partial charge in [0.15, 0.2) is 5.75 Å². The maximum atomic E-state index is 12.4. The Labute approximate surface area is 165 Å². The van der Waals surface area contributed by atoms with Crippen LogP contribution in [0.4, 0.5) is 0 Å². The molecular formula is C19H18O10. The minimum atomic E-state index is -1.76. The normalized spacial score (nSPS) is 9.90. The number of esters is 3. The van der Waals surface area contributed by atoms with Crippen LogP contribution >= 0.6 is 0 Å². The third-order valence-electron chi connectivity index (χ3n) is 3.26. The first kappa shape index (κ1) is 23.1. The summed E-state index contributed by atoms with van der Waals surface area (Å²) in [5.41, 5.74) is -2.90. The number of hydrogen-bond acceptors (Lipinski definition) is 8. The maximum absolute atomic E-state index is 12.4. The predicted molar refractivity (Wildman–Crippen MR) is 97.2 cm³/mol. The molecular weight excluding hydrogens is 388 g/mol. The van der Waals surface area contributed by atoms with E-state index in [0.29, 0.717) is 6.07 Å². The van der Waals surface area contributed by atoms with Gasteiger partial charge in [-0.2, -0.15) is 0 Å². The third kappa shape index (κ3) is 5.28. The average molecular weight is 406 g/mol. The Bertz CT molecular complexity index is 939. The lowest BCUT2D eigenvalue weighted by atomic mass is 10.00. The van der Waals surface area contributed by atoms with E-state index in [1.807, 2.05) is 0 Å². The van der Waals surface area contributed by atoms with Gasteiger partial charge in [0.1, 0.15) is 22.4 Å². The van der Waals surface area contributed by atoms with Crippen molar-refractivity contribution < 1.29 is 48.4 Å². The van der Waals surface area contributed by atoms with Gasteiger partial charge in [0.25, 0.3) is 0 Å². The number of aromatic carboxylic acids is 2. The van der Waals surface area contributed by atoms with Crippen LogP contribution in [0.5, 0.6) is 11.5 Å². The zero-order chi connectivity index (χ0) is 22.5. The van der Waals surface area contributed by atoms with Crippen molar-refractivity contribution >= 4 is 29.8 Å². The van der Waals surface area contributed by atoms with E-state index in [4.69, 9.17) is 14.2 Å². The molecule has 0 spiro atoms. The van der Waals surface area contributed by atoms with Gasteiger partial charge in [-0.25, -0.2) is 24.0 Å². The van der Waals surface area contributed by atoms with Crippen LogP contribution in [0.3, 0.4) is 0 Å². The lowest BCUT2D eigenvalue weighted by molar-refractivity contribution is -0.131. The fraction of sp³-hybridized carbons (Fsp3) is 0.211. The minimum Gasteiger partial charge on any atom is -0.478 e. The summed E-state index contributed by atoms with van der Waals surface area (Å²) in [6, 6.07) is 0.649. The number of benzene rings is 1. The Morgan fingerprint density at radius 1 is 0.897 bits per heavy atom. The van der Waals surface area contributed by atoms with Crippen LogP contribution < -0.4 is 9.47 Å². The molecule has 0 amide bonds. The van der Waals surface area contributed by atoms with Gasteiger partial charge in [-0.15, -0.1) is 0 Å². The van der Waals surface area contributed by atoms with Gasteiger partial charge in [0.05, 0.1) is 6.61 Å². The van der Waals surface area contributed by atoms with E-state index < -0.39 is 58.0 Å². The van der Waals surface area contributed by atoms with E-state index in [1.165, 1.54) is 20.8 Å². The second-order valence-electron chi connectivity index (χ2n) is 5.67. The summed E-state index contributed by atoms with van der Waals surface area (Å²) in [5, 5.41) is 19.1. The number of carboxylic acid groups (broad SMARTS) is 2. The molecule has 0 saturated heterocycles. The van der Waals surface area contributed by atoms with Crippen LogP contribution in [0.25, 0.3) is 0 Å². The number of rotatable bonds is 8. The molecule has 1 aromatic carbocycles. The lowest BCUT2D eigenvalue weighted by Crippen LogP contribution is -2.22. The molecule has 0 aromatic heterocycles. The monoisotopic (exact) mass is 406 g/mol. The van der Waals surface area contributed by atoms with E-state index >= 15 is 0 Å². The maximum Gasteiger partial charge on any atom is 0.343 e. The Morgan fingerprint density at radius 3 is 1.83 bits per heavy atom.